The summed E-state index contributed by atoms with van der Waals surface area (Å²) in [5.41, 5.74) is 0.414. The third-order valence-corrected chi connectivity index (χ3v) is 1.64. The highest BCUT2D eigenvalue weighted by Crippen LogP contribution is 1.99. The average molecular weight is 194 g/mol. The molecule has 7 heteroatoms. The van der Waals surface area contributed by atoms with E-state index in [4.69, 9.17) is 0 Å². The van der Waals surface area contributed by atoms with E-state index in [9.17, 15) is 9.59 Å². The van der Waals surface area contributed by atoms with Crippen LogP contribution >= 0.6 is 0 Å². The van der Waals surface area contributed by atoms with Crippen LogP contribution in [0.25, 0.3) is 11.2 Å². The largest absolute Gasteiger partial charge is 0.309 e. The Bertz CT molecular complexity index is 540. The normalized spacial score (nSPS) is 10.4. The number of rotatable bonds is 1. The van der Waals surface area contributed by atoms with Gasteiger partial charge in [0.2, 0.25) is 11.4 Å². The molecule has 0 aliphatic heterocycles. The topological polar surface area (TPSA) is 105 Å². The van der Waals surface area contributed by atoms with Crippen molar-refractivity contribution in [2.24, 2.45) is 0 Å². The maximum Gasteiger partial charge on any atom is 0.309 e. The molecule has 2 aromatic heterocycles. The van der Waals surface area contributed by atoms with Crippen molar-refractivity contribution in [3.05, 3.63) is 16.7 Å². The number of aromatic nitrogens is 4. The number of nitrogens with one attached hydrogen (secondary N) is 4. The monoisotopic (exact) mass is 194 g/mol. The Morgan fingerprint density at radius 3 is 3.14 bits per heavy atom. The van der Waals surface area contributed by atoms with Crippen LogP contribution in [0.15, 0.2) is 11.1 Å². The number of amides is 1. The second kappa shape index (κ2) is 2.95. The SMILES string of the molecule is CC(=O)Nc1nc2[nH+]c[nH]c2c(=O)[nH]1. The number of carbonyl (C=O) groups excluding carboxylic acids is 1. The number of carbonyl (C=O) groups is 1. The number of nitrogens with zero attached hydrogens (tertiary/aromatic N) is 1. The molecular formula is C7H8N5O2+. The van der Waals surface area contributed by atoms with Gasteiger partial charge in [-0.1, -0.05) is 4.98 Å². The molecule has 7 nitrogen and oxygen atoms in total. The summed E-state index contributed by atoms with van der Waals surface area (Å²) in [6.45, 7) is 1.34. The Kier molecular flexibility index (Phi) is 1.77. The van der Waals surface area contributed by atoms with Gasteiger partial charge in [0.25, 0.3) is 11.5 Å². The van der Waals surface area contributed by atoms with E-state index in [0.717, 1.165) is 0 Å². The van der Waals surface area contributed by atoms with Crippen LogP contribution in [0.4, 0.5) is 5.95 Å². The molecule has 2 rings (SSSR count). The molecule has 0 saturated carbocycles. The van der Waals surface area contributed by atoms with Gasteiger partial charge in [-0.2, -0.15) is 0 Å². The first-order valence-corrected chi connectivity index (χ1v) is 3.93. The van der Waals surface area contributed by atoms with E-state index in [1.54, 1.807) is 0 Å². The second-order valence-electron chi connectivity index (χ2n) is 2.75. The van der Waals surface area contributed by atoms with Crippen molar-refractivity contribution in [3.63, 3.8) is 0 Å². The molecule has 2 aromatic rings. The minimum absolute atomic E-state index is 0.130. The fourth-order valence-electron chi connectivity index (χ4n) is 1.11. The highest BCUT2D eigenvalue weighted by atomic mass is 16.1. The molecule has 0 atom stereocenters. The van der Waals surface area contributed by atoms with Gasteiger partial charge >= 0.3 is 5.65 Å². The highest BCUT2D eigenvalue weighted by molar-refractivity contribution is 5.87. The second-order valence-corrected chi connectivity index (χ2v) is 2.75. The number of H-pyrrole nitrogens is 3. The first-order chi connectivity index (χ1) is 6.66. The van der Waals surface area contributed by atoms with Crippen molar-refractivity contribution >= 4 is 23.0 Å². The van der Waals surface area contributed by atoms with Gasteiger partial charge in [-0.05, 0) is 0 Å². The van der Waals surface area contributed by atoms with E-state index in [1.165, 1.54) is 13.3 Å². The molecule has 1 amide bonds. The number of imidazole rings is 1. The minimum Gasteiger partial charge on any atom is -0.282 e. The molecule has 0 bridgehead atoms. The highest BCUT2D eigenvalue weighted by Gasteiger charge is 2.12. The van der Waals surface area contributed by atoms with Crippen LogP contribution < -0.4 is 15.9 Å². The maximum atomic E-state index is 11.3. The van der Waals surface area contributed by atoms with Crippen LogP contribution in [0.1, 0.15) is 6.92 Å². The summed E-state index contributed by atoms with van der Waals surface area (Å²) < 4.78 is 0. The van der Waals surface area contributed by atoms with Gasteiger partial charge in [0, 0.05) is 6.92 Å². The number of hydrogen-bond donors (Lipinski definition) is 3. The van der Waals surface area contributed by atoms with Crippen molar-refractivity contribution in [2.45, 2.75) is 6.92 Å². The van der Waals surface area contributed by atoms with E-state index in [1.807, 2.05) is 0 Å². The standard InChI is InChI=1S/C7H7N5O2/c1-3(13)10-7-11-5-4(6(14)12-7)8-2-9-5/h2H,1H3,(H3,8,9,10,11,12,13,14)/p+1. The molecule has 0 aliphatic rings. The smallest absolute Gasteiger partial charge is 0.282 e. The zero-order valence-electron chi connectivity index (χ0n) is 7.34. The van der Waals surface area contributed by atoms with Crippen molar-refractivity contribution < 1.29 is 9.78 Å². The summed E-state index contributed by atoms with van der Waals surface area (Å²) >= 11 is 0. The van der Waals surface area contributed by atoms with Crippen molar-refractivity contribution in [2.75, 3.05) is 5.32 Å². The quantitative estimate of drug-likeness (QED) is 0.543. The van der Waals surface area contributed by atoms with E-state index in [0.29, 0.717) is 11.2 Å². The van der Waals surface area contributed by atoms with Crippen molar-refractivity contribution in [1.82, 2.24) is 15.0 Å². The van der Waals surface area contributed by atoms with Crippen LogP contribution in [-0.4, -0.2) is 20.9 Å². The van der Waals surface area contributed by atoms with E-state index < -0.39 is 0 Å². The lowest BCUT2D eigenvalue weighted by Gasteiger charge is -1.94. The maximum absolute atomic E-state index is 11.3. The molecule has 14 heavy (non-hydrogen) atoms. The Labute approximate surface area is 77.6 Å². The third-order valence-electron chi connectivity index (χ3n) is 1.64. The summed E-state index contributed by atoms with van der Waals surface area (Å²) in [6.07, 6.45) is 1.49. The van der Waals surface area contributed by atoms with Crippen LogP contribution in [0.3, 0.4) is 0 Å². The van der Waals surface area contributed by atoms with Crippen molar-refractivity contribution in [1.29, 1.82) is 0 Å². The summed E-state index contributed by atoms with van der Waals surface area (Å²) in [4.78, 5) is 33.9. The van der Waals surface area contributed by atoms with Gasteiger partial charge in [0.15, 0.2) is 6.33 Å². The van der Waals surface area contributed by atoms with E-state index in [-0.39, 0.29) is 17.4 Å². The van der Waals surface area contributed by atoms with Gasteiger partial charge in [-0.15, -0.1) is 0 Å². The van der Waals surface area contributed by atoms with Crippen LogP contribution in [0.2, 0.25) is 0 Å². The first kappa shape index (κ1) is 8.42. The molecule has 72 valence electrons. The van der Waals surface area contributed by atoms with Gasteiger partial charge in [-0.25, -0.2) is 4.98 Å². The zero-order chi connectivity index (χ0) is 10.1. The van der Waals surface area contributed by atoms with E-state index >= 15 is 0 Å². The summed E-state index contributed by atoms with van der Waals surface area (Å²) in [5.74, 6) is -0.158. The summed E-state index contributed by atoms with van der Waals surface area (Å²) in [7, 11) is 0. The Morgan fingerprint density at radius 2 is 2.43 bits per heavy atom. The predicted molar refractivity (Wildman–Crippen MR) is 47.6 cm³/mol. The molecule has 4 N–H and O–H groups in total. The number of aromatic amines is 3. The molecule has 0 radical (unpaired) electrons. The van der Waals surface area contributed by atoms with Gasteiger partial charge in [0.05, 0.1) is 0 Å². The van der Waals surface area contributed by atoms with Crippen molar-refractivity contribution in [3.8, 4) is 0 Å². The zero-order valence-corrected chi connectivity index (χ0v) is 7.34. The molecule has 0 fully saturated rings. The minimum atomic E-state index is -0.333. The van der Waals surface area contributed by atoms with Gasteiger partial charge < -0.3 is 0 Å². The van der Waals surface area contributed by atoms with E-state index in [2.05, 4.69) is 25.3 Å². The Morgan fingerprint density at radius 1 is 1.64 bits per heavy atom. The molecule has 0 spiro atoms. The van der Waals surface area contributed by atoms with Crippen LogP contribution in [0.5, 0.6) is 0 Å². The van der Waals surface area contributed by atoms with Crippen LogP contribution in [0, 0.1) is 0 Å². The Balaban J connectivity index is 2.58. The molecule has 0 aliphatic carbocycles. The van der Waals surface area contributed by atoms with Crippen LogP contribution in [-0.2, 0) is 4.79 Å². The summed E-state index contributed by atoms with van der Waals surface area (Å²) in [6, 6.07) is 0. The average Bonchev–Trinajstić information content (AvgIpc) is 2.50. The molecule has 0 aromatic carbocycles. The van der Waals surface area contributed by atoms with Gasteiger partial charge in [0.1, 0.15) is 0 Å². The number of anilines is 1. The predicted octanol–water partition coefficient (Wildman–Crippen LogP) is -0.976. The number of hydrogen-bond acceptors (Lipinski definition) is 3. The molecule has 0 saturated heterocycles. The fraction of sp³-hybridized carbons (Fsp3) is 0.143. The fourth-order valence-corrected chi connectivity index (χ4v) is 1.11. The third kappa shape index (κ3) is 1.35. The molecule has 2 heterocycles. The van der Waals surface area contributed by atoms with Gasteiger partial charge in [-0.3, -0.25) is 24.9 Å². The lowest BCUT2D eigenvalue weighted by atomic mass is 10.5. The molecule has 0 unspecified atom stereocenters. The summed E-state index contributed by atoms with van der Waals surface area (Å²) in [5, 5.41) is 2.39. The number of fused-ring (bicyclic) bond motifs is 1. The lowest BCUT2D eigenvalue weighted by Crippen LogP contribution is -2.17. The molecular weight excluding hydrogens is 186 g/mol. The lowest BCUT2D eigenvalue weighted by molar-refractivity contribution is -0.347. The Hall–Kier alpha value is -2.18. The first-order valence-electron chi connectivity index (χ1n) is 3.93.